The fourth-order valence-electron chi connectivity index (χ4n) is 3.95. The lowest BCUT2D eigenvalue weighted by Crippen LogP contribution is -2.50. The predicted molar refractivity (Wildman–Crippen MR) is 131 cm³/mol. The average Bonchev–Trinajstić information content (AvgIpc) is 3.35. The zero-order chi connectivity index (χ0) is 24.8. The van der Waals surface area contributed by atoms with Crippen LogP contribution in [0.25, 0.3) is 0 Å². The first kappa shape index (κ1) is 24.0. The molecule has 2 amide bonds. The van der Waals surface area contributed by atoms with Crippen LogP contribution < -0.4 is 10.1 Å². The van der Waals surface area contributed by atoms with Crippen molar-refractivity contribution >= 4 is 17.5 Å². The van der Waals surface area contributed by atoms with Gasteiger partial charge in [0.05, 0.1) is 12.1 Å². The van der Waals surface area contributed by atoms with Crippen LogP contribution in [0.5, 0.6) is 5.75 Å². The highest BCUT2D eigenvalue weighted by Gasteiger charge is 2.25. The highest BCUT2D eigenvalue weighted by molar-refractivity contribution is 5.93. The maximum Gasteiger partial charge on any atom is 0.289 e. The minimum absolute atomic E-state index is 0.0628. The third-order valence-electron chi connectivity index (χ3n) is 6.16. The van der Waals surface area contributed by atoms with Crippen LogP contribution in [-0.2, 0) is 11.4 Å². The average molecular weight is 473 g/mol. The number of furan rings is 1. The van der Waals surface area contributed by atoms with Gasteiger partial charge in [-0.2, -0.15) is 5.26 Å². The molecule has 0 radical (unpaired) electrons. The number of para-hydroxylation sites is 1. The Hall–Kier alpha value is -4.09. The number of ether oxygens (including phenoxy) is 1. The second-order valence-electron chi connectivity index (χ2n) is 8.53. The van der Waals surface area contributed by atoms with Crippen molar-refractivity contribution in [2.75, 3.05) is 38.0 Å². The van der Waals surface area contributed by atoms with Gasteiger partial charge >= 0.3 is 0 Å². The summed E-state index contributed by atoms with van der Waals surface area (Å²) >= 11 is 0. The Balaban J connectivity index is 1.25. The molecule has 0 bridgehead atoms. The van der Waals surface area contributed by atoms with E-state index in [-0.39, 0.29) is 30.7 Å². The van der Waals surface area contributed by atoms with E-state index < -0.39 is 0 Å². The molecule has 1 aliphatic rings. The van der Waals surface area contributed by atoms with E-state index in [1.54, 1.807) is 41.3 Å². The number of anilines is 1. The van der Waals surface area contributed by atoms with Crippen molar-refractivity contribution in [2.24, 2.45) is 0 Å². The fraction of sp³-hybridized carbons (Fsp3) is 0.296. The SMILES string of the molecule is Cc1cccc(NC(=O)CN2CCN(C(=O)c3ccc(COc4ccccc4C#N)o3)CC2)c1C. The maximum absolute atomic E-state index is 12.9. The Kier molecular flexibility index (Phi) is 7.48. The van der Waals surface area contributed by atoms with Crippen molar-refractivity contribution in [3.63, 3.8) is 0 Å². The zero-order valence-electron chi connectivity index (χ0n) is 19.9. The molecule has 0 unspecified atom stereocenters. The van der Waals surface area contributed by atoms with Gasteiger partial charge in [-0.1, -0.05) is 24.3 Å². The van der Waals surface area contributed by atoms with E-state index in [2.05, 4.69) is 11.4 Å². The number of carbonyl (C=O) groups is 2. The minimum atomic E-state index is -0.187. The number of nitrogens with one attached hydrogen (secondary N) is 1. The Labute approximate surface area is 204 Å². The largest absolute Gasteiger partial charge is 0.484 e. The topological polar surface area (TPSA) is 98.8 Å². The lowest BCUT2D eigenvalue weighted by Gasteiger charge is -2.33. The Morgan fingerprint density at radius 3 is 2.57 bits per heavy atom. The molecule has 0 aliphatic carbocycles. The first-order valence-electron chi connectivity index (χ1n) is 11.5. The number of hydrogen-bond donors (Lipinski definition) is 1. The summed E-state index contributed by atoms with van der Waals surface area (Å²) in [5.74, 6) is 0.971. The molecule has 2 aromatic carbocycles. The van der Waals surface area contributed by atoms with Crippen molar-refractivity contribution in [1.82, 2.24) is 9.80 Å². The lowest BCUT2D eigenvalue weighted by atomic mass is 10.1. The van der Waals surface area contributed by atoms with Gasteiger partial charge in [0.1, 0.15) is 24.2 Å². The quantitative estimate of drug-likeness (QED) is 0.562. The Morgan fingerprint density at radius 1 is 1.03 bits per heavy atom. The number of nitriles is 1. The zero-order valence-corrected chi connectivity index (χ0v) is 19.9. The van der Waals surface area contributed by atoms with Crippen LogP contribution in [-0.4, -0.2) is 54.3 Å². The normalized spacial score (nSPS) is 13.8. The summed E-state index contributed by atoms with van der Waals surface area (Å²) in [6.07, 6.45) is 0. The summed E-state index contributed by atoms with van der Waals surface area (Å²) in [5, 5.41) is 12.1. The van der Waals surface area contributed by atoms with Crippen LogP contribution in [0.1, 0.15) is 33.0 Å². The van der Waals surface area contributed by atoms with E-state index in [1.807, 2.05) is 36.9 Å². The second kappa shape index (κ2) is 10.9. The number of benzene rings is 2. The van der Waals surface area contributed by atoms with Crippen LogP contribution in [0.2, 0.25) is 0 Å². The molecule has 2 heterocycles. The Morgan fingerprint density at radius 2 is 1.80 bits per heavy atom. The first-order valence-corrected chi connectivity index (χ1v) is 11.5. The van der Waals surface area contributed by atoms with E-state index in [0.29, 0.717) is 43.3 Å². The van der Waals surface area contributed by atoms with Crippen molar-refractivity contribution in [1.29, 1.82) is 5.26 Å². The molecular formula is C27H28N4O4. The van der Waals surface area contributed by atoms with Crippen molar-refractivity contribution < 1.29 is 18.7 Å². The van der Waals surface area contributed by atoms with Gasteiger partial charge in [0.25, 0.3) is 5.91 Å². The van der Waals surface area contributed by atoms with E-state index in [4.69, 9.17) is 14.4 Å². The molecule has 1 aliphatic heterocycles. The molecule has 8 heteroatoms. The van der Waals surface area contributed by atoms with Crippen molar-refractivity contribution in [3.05, 3.63) is 82.8 Å². The number of piperazine rings is 1. The molecular weight excluding hydrogens is 444 g/mol. The van der Waals surface area contributed by atoms with E-state index >= 15 is 0 Å². The number of amides is 2. The van der Waals surface area contributed by atoms with Gasteiger partial charge in [0.2, 0.25) is 5.91 Å². The molecule has 3 aromatic rings. The summed E-state index contributed by atoms with van der Waals surface area (Å²) in [5.41, 5.74) is 3.47. The summed E-state index contributed by atoms with van der Waals surface area (Å²) in [6, 6.07) is 18.2. The summed E-state index contributed by atoms with van der Waals surface area (Å²) < 4.78 is 11.4. The molecule has 1 aromatic heterocycles. The first-order chi connectivity index (χ1) is 16.9. The van der Waals surface area contributed by atoms with Gasteiger partial charge in [-0.25, -0.2) is 0 Å². The van der Waals surface area contributed by atoms with Gasteiger partial charge in [0, 0.05) is 31.9 Å². The maximum atomic E-state index is 12.9. The van der Waals surface area contributed by atoms with E-state index in [0.717, 1.165) is 16.8 Å². The van der Waals surface area contributed by atoms with Crippen LogP contribution in [0.4, 0.5) is 5.69 Å². The number of aryl methyl sites for hydroxylation is 1. The van der Waals surface area contributed by atoms with E-state index in [1.165, 1.54) is 0 Å². The van der Waals surface area contributed by atoms with Gasteiger partial charge in [-0.3, -0.25) is 14.5 Å². The van der Waals surface area contributed by atoms with Crippen molar-refractivity contribution in [3.8, 4) is 11.8 Å². The van der Waals surface area contributed by atoms with Gasteiger partial charge in [-0.15, -0.1) is 0 Å². The number of carbonyl (C=O) groups excluding carboxylic acids is 2. The highest BCUT2D eigenvalue weighted by atomic mass is 16.5. The third kappa shape index (κ3) is 5.89. The molecule has 1 fully saturated rings. The number of nitrogens with zero attached hydrogens (tertiary/aromatic N) is 3. The number of hydrogen-bond acceptors (Lipinski definition) is 6. The Bertz CT molecular complexity index is 1250. The standard InChI is InChI=1S/C27H28N4O4/c1-19-6-5-8-23(20(19)2)29-26(32)17-30-12-14-31(15-13-30)27(33)25-11-10-22(35-25)18-34-24-9-4-3-7-21(24)16-28/h3-11H,12-15,17-18H2,1-2H3,(H,29,32). The monoisotopic (exact) mass is 472 g/mol. The van der Waals surface area contributed by atoms with Crippen molar-refractivity contribution in [2.45, 2.75) is 20.5 Å². The van der Waals surface area contributed by atoms with Gasteiger partial charge in [-0.05, 0) is 55.3 Å². The van der Waals surface area contributed by atoms with Crippen LogP contribution in [0.3, 0.4) is 0 Å². The smallest absolute Gasteiger partial charge is 0.289 e. The predicted octanol–water partition coefficient (Wildman–Crippen LogP) is 3.74. The molecule has 1 saturated heterocycles. The molecule has 4 rings (SSSR count). The molecule has 180 valence electrons. The molecule has 0 saturated carbocycles. The van der Waals surface area contributed by atoms with Gasteiger partial charge < -0.3 is 19.4 Å². The molecule has 35 heavy (non-hydrogen) atoms. The number of rotatable bonds is 7. The van der Waals surface area contributed by atoms with Gasteiger partial charge in [0.15, 0.2) is 5.76 Å². The minimum Gasteiger partial charge on any atom is -0.484 e. The highest BCUT2D eigenvalue weighted by Crippen LogP contribution is 2.20. The molecule has 0 atom stereocenters. The van der Waals surface area contributed by atoms with E-state index in [9.17, 15) is 9.59 Å². The summed E-state index contributed by atoms with van der Waals surface area (Å²) in [4.78, 5) is 29.2. The van der Waals surface area contributed by atoms with Crippen LogP contribution >= 0.6 is 0 Å². The molecule has 0 spiro atoms. The van der Waals surface area contributed by atoms with Crippen LogP contribution in [0, 0.1) is 25.2 Å². The second-order valence-corrected chi connectivity index (χ2v) is 8.53. The lowest BCUT2D eigenvalue weighted by molar-refractivity contribution is -0.117. The molecule has 8 nitrogen and oxygen atoms in total. The van der Waals surface area contributed by atoms with Crippen LogP contribution in [0.15, 0.2) is 59.0 Å². The summed E-state index contributed by atoms with van der Waals surface area (Å²) in [7, 11) is 0. The fourth-order valence-corrected chi connectivity index (χ4v) is 3.95. The molecule has 1 N–H and O–H groups in total. The third-order valence-corrected chi connectivity index (χ3v) is 6.16. The summed E-state index contributed by atoms with van der Waals surface area (Å²) in [6.45, 7) is 6.64.